The van der Waals surface area contributed by atoms with Crippen molar-refractivity contribution in [3.05, 3.63) is 109 Å². The van der Waals surface area contributed by atoms with Crippen molar-refractivity contribution in [3.8, 4) is 23.3 Å². The number of imide groups is 1. The van der Waals surface area contributed by atoms with Gasteiger partial charge in [0.25, 0.3) is 11.8 Å². The molecule has 0 spiro atoms. The van der Waals surface area contributed by atoms with Crippen LogP contribution >= 0.6 is 23.2 Å². The van der Waals surface area contributed by atoms with Crippen LogP contribution in [0.5, 0.6) is 23.3 Å². The summed E-state index contributed by atoms with van der Waals surface area (Å²) in [6.07, 6.45) is 10.7. The largest absolute Gasteiger partial charge is 0.533 e. The smallest absolute Gasteiger partial charge is 0.497 e. The van der Waals surface area contributed by atoms with Crippen molar-refractivity contribution >= 4 is 92.6 Å². The molecule has 2 saturated carbocycles. The number of methoxy groups -OCH3 is 2. The molecule has 90 heavy (non-hydrogen) atoms. The van der Waals surface area contributed by atoms with E-state index in [1.165, 1.54) is 4.90 Å². The number of hydroxylamine groups is 2. The fourth-order valence-electron chi connectivity index (χ4n) is 10.5. The van der Waals surface area contributed by atoms with Gasteiger partial charge in [-0.15, -0.1) is 26.3 Å². The van der Waals surface area contributed by atoms with Crippen molar-refractivity contribution in [2.45, 2.75) is 126 Å². The van der Waals surface area contributed by atoms with Gasteiger partial charge < -0.3 is 53.8 Å². The molecule has 2 aromatic heterocycles. The second-order valence-electron chi connectivity index (χ2n) is 21.7. The number of fused-ring (bicyclic) bond motifs is 2. The van der Waals surface area contributed by atoms with Gasteiger partial charge in [-0.25, -0.2) is 29.1 Å². The van der Waals surface area contributed by atoms with Crippen molar-refractivity contribution < 1.29 is 81.1 Å². The van der Waals surface area contributed by atoms with Crippen molar-refractivity contribution in [2.75, 3.05) is 53.7 Å². The fourth-order valence-corrected chi connectivity index (χ4v) is 10.9. The summed E-state index contributed by atoms with van der Waals surface area (Å²) in [5.74, 6) is -1.08. The highest BCUT2D eigenvalue weighted by Gasteiger charge is 2.63. The highest BCUT2D eigenvalue weighted by Crippen LogP contribution is 2.47. The molecule has 3 N–H and O–H groups in total. The topological polar surface area (TPSA) is 288 Å². The van der Waals surface area contributed by atoms with Gasteiger partial charge >= 0.3 is 24.2 Å². The highest BCUT2D eigenvalue weighted by molar-refractivity contribution is 6.30. The summed E-state index contributed by atoms with van der Waals surface area (Å²) in [6, 6.07) is 13.0. The number of nitrogens with zero attached hydrogens (tertiary/aromatic N) is 4. The van der Waals surface area contributed by atoms with Crippen LogP contribution < -0.4 is 34.9 Å². The van der Waals surface area contributed by atoms with Crippen molar-refractivity contribution in [3.63, 3.8) is 0 Å². The van der Waals surface area contributed by atoms with Crippen LogP contribution in [0.25, 0.3) is 21.5 Å². The molecule has 0 radical (unpaired) electrons. The number of ether oxygens (including phenoxy) is 8. The number of hydrogen-bond donors (Lipinski definition) is 3. The Bertz CT molecular complexity index is 3320. The van der Waals surface area contributed by atoms with Crippen molar-refractivity contribution in [1.82, 2.24) is 35.9 Å². The molecule has 4 aromatic rings. The minimum atomic E-state index is -1.20. The van der Waals surface area contributed by atoms with Gasteiger partial charge in [-0.05, 0) is 125 Å². The maximum absolute atomic E-state index is 13.6. The number of halogens is 2. The first-order valence-electron chi connectivity index (χ1n) is 29.8. The normalized spacial score (nSPS) is 22.7. The molecule has 5 aliphatic rings. The Morgan fingerprint density at radius 3 is 1.64 bits per heavy atom. The second kappa shape index (κ2) is 32.3. The minimum Gasteiger partial charge on any atom is -0.497 e. The number of hydrogen-bond acceptors (Lipinski definition) is 20. The van der Waals surface area contributed by atoms with Gasteiger partial charge in [0.05, 0.1) is 53.2 Å². The molecule has 0 unspecified atom stereocenters. The number of nitrogens with one attached hydrogen (secondary N) is 3. The summed E-state index contributed by atoms with van der Waals surface area (Å²) in [7, 11) is 3.17. The average Bonchev–Trinajstić information content (AvgIpc) is 1.59. The van der Waals surface area contributed by atoms with Crippen LogP contribution in [0, 0.1) is 11.8 Å². The van der Waals surface area contributed by atoms with E-state index in [1.54, 1.807) is 64.5 Å². The van der Waals surface area contributed by atoms with E-state index in [2.05, 4.69) is 57.1 Å². The third-order valence-corrected chi connectivity index (χ3v) is 15.9. The number of esters is 2. The number of aromatic nitrogens is 2. The van der Waals surface area contributed by atoms with E-state index in [-0.39, 0.29) is 87.1 Å². The molecule has 0 bridgehead atoms. The first kappa shape index (κ1) is 69.0. The monoisotopic (exact) mass is 1290 g/mol. The Morgan fingerprint density at radius 1 is 0.667 bits per heavy atom. The molecule has 484 valence electrons. The van der Waals surface area contributed by atoms with E-state index in [9.17, 15) is 38.4 Å². The number of pyridine rings is 2. The summed E-state index contributed by atoms with van der Waals surface area (Å²) in [6.45, 7) is 19.6. The molecule has 8 atom stereocenters. The van der Waals surface area contributed by atoms with Crippen LogP contribution in [-0.4, -0.2) is 157 Å². The summed E-state index contributed by atoms with van der Waals surface area (Å²) < 4.78 is 43.5. The molecular formula is C64H77Cl2N7O17. The number of carbonyl (C=O) groups excluding carboxylic acids is 8. The first-order chi connectivity index (χ1) is 43.3. The molecule has 5 heterocycles. The standard InChI is InChI=1S/C30H36ClN3O7.C23H26ClN3O5.C11H15NO5/c1-5-8-9-10-13-40-29(37)34-18-22(41-27-23-12-11-21(38-4)14-19(23)15-25(31)32-27)16-24(34)26(35)33-30(17-20(30)6-2)28(36)39-7-3;1-4-14-11-23(14,22(29)31-5-2)27-20(28)18-10-16(12-25-18)32-21-17-7-6-15(30-3)8-13(17)9-19(24)26-21;1-2-3-4-5-8-16-11(15)17-12-9(13)6-7-10(12)14/h5-6,11-12,14-15,20,22,24H,1-2,7-10,13,16-18H2,3-4H3,(H,33,35);4,6-9,14,16,18,25H,1,5,10-12H2,2-3H3,(H,27,28);2H,1,3-8H2/t20-,22-,24+,30-;14-,16-,18+,23-;/m11./s1. The summed E-state index contributed by atoms with van der Waals surface area (Å²) in [5, 5.41) is 13.0. The van der Waals surface area contributed by atoms with Crippen molar-refractivity contribution in [1.29, 1.82) is 0 Å². The number of unbranched alkanes of at least 4 members (excludes halogenated alkanes) is 4. The molecule has 9 rings (SSSR count). The van der Waals surface area contributed by atoms with Gasteiger partial charge in [-0.2, -0.15) is 0 Å². The van der Waals surface area contributed by atoms with Crippen LogP contribution in [0.15, 0.2) is 99.2 Å². The molecule has 5 amide bonds. The predicted molar refractivity (Wildman–Crippen MR) is 332 cm³/mol. The number of carbonyl (C=O) groups is 8. The molecule has 2 aliphatic carbocycles. The highest BCUT2D eigenvalue weighted by atomic mass is 35.5. The summed E-state index contributed by atoms with van der Waals surface area (Å²) in [5.41, 5.74) is -2.21. The fraction of sp³-hybridized carbons (Fsp3) is 0.469. The van der Waals surface area contributed by atoms with Crippen LogP contribution in [0.3, 0.4) is 0 Å². The van der Waals surface area contributed by atoms with E-state index in [4.69, 9.17) is 61.1 Å². The number of rotatable bonds is 27. The number of allylic oxidation sites excluding steroid dienone is 2. The van der Waals surface area contributed by atoms with Crippen LogP contribution in [0.2, 0.25) is 10.3 Å². The Labute approximate surface area is 531 Å². The van der Waals surface area contributed by atoms with Crippen LogP contribution in [0.4, 0.5) is 9.59 Å². The van der Waals surface area contributed by atoms with Gasteiger partial charge in [0.15, 0.2) is 0 Å². The summed E-state index contributed by atoms with van der Waals surface area (Å²) in [4.78, 5) is 113. The van der Waals surface area contributed by atoms with Gasteiger partial charge in [0.2, 0.25) is 23.6 Å². The molecule has 24 nitrogen and oxygen atoms in total. The lowest BCUT2D eigenvalue weighted by Gasteiger charge is -2.25. The third kappa shape index (κ3) is 17.5. The predicted octanol–water partition coefficient (Wildman–Crippen LogP) is 9.03. The van der Waals surface area contributed by atoms with Crippen LogP contribution in [-0.2, 0) is 52.6 Å². The lowest BCUT2D eigenvalue weighted by atomic mass is 10.1. The summed E-state index contributed by atoms with van der Waals surface area (Å²) >= 11 is 12.5. The maximum atomic E-state index is 13.6. The minimum absolute atomic E-state index is 0.0748. The molecule has 5 fully saturated rings. The van der Waals surface area contributed by atoms with Crippen LogP contribution in [0.1, 0.15) is 90.9 Å². The Hall–Kier alpha value is -8.48. The SMILES string of the molecule is C=CCCCCOC(=O)N1C[C@H](Oc2nc(Cl)cc3cc(OC)ccc23)C[C@H]1C(=O)N[C@]1(C(=O)OCC)C[C@H]1C=C.C=CCCCCOC(=O)ON1C(=O)CCC1=O.C=C[C@@H]1C[C@]1(NC(=O)[C@@H]1C[C@@H](Oc2nc(Cl)cc3cc(OC)ccc23)CN1)C(=O)OCC. The number of amides is 5. The van der Waals surface area contributed by atoms with Crippen molar-refractivity contribution in [2.24, 2.45) is 11.8 Å². The van der Waals surface area contributed by atoms with Gasteiger partial charge in [-0.1, -0.05) is 52.6 Å². The van der Waals surface area contributed by atoms with E-state index in [0.717, 1.165) is 41.8 Å². The molecular weight excluding hydrogens is 1210 g/mol. The Balaban J connectivity index is 0.000000208. The molecule has 3 saturated heterocycles. The number of benzene rings is 2. The molecule has 2 aromatic carbocycles. The first-order valence-corrected chi connectivity index (χ1v) is 30.5. The van der Waals surface area contributed by atoms with E-state index >= 15 is 0 Å². The Kier molecular flexibility index (Phi) is 24.8. The number of likely N-dealkylation sites (tertiary alicyclic amines) is 1. The van der Waals surface area contributed by atoms with Gasteiger partial charge in [0, 0.05) is 54.8 Å². The lowest BCUT2D eigenvalue weighted by molar-refractivity contribution is -0.177. The zero-order valence-corrected chi connectivity index (χ0v) is 52.4. The van der Waals surface area contributed by atoms with E-state index < -0.39 is 71.2 Å². The molecule has 3 aliphatic heterocycles. The van der Waals surface area contributed by atoms with E-state index in [0.29, 0.717) is 71.6 Å². The lowest BCUT2D eigenvalue weighted by Crippen LogP contribution is -2.53. The second-order valence-corrected chi connectivity index (χ2v) is 22.4. The quantitative estimate of drug-likeness (QED) is 0.0125. The average molecular weight is 1290 g/mol. The Morgan fingerprint density at radius 2 is 1.17 bits per heavy atom. The van der Waals surface area contributed by atoms with Gasteiger partial charge in [-0.3, -0.25) is 28.9 Å². The molecule has 26 heteroatoms. The zero-order valence-electron chi connectivity index (χ0n) is 50.9. The zero-order chi connectivity index (χ0) is 65.1. The van der Waals surface area contributed by atoms with E-state index in [1.807, 2.05) is 36.4 Å². The third-order valence-electron chi connectivity index (χ3n) is 15.5. The van der Waals surface area contributed by atoms with Gasteiger partial charge in [0.1, 0.15) is 51.1 Å². The maximum Gasteiger partial charge on any atom is 0.533 e.